The van der Waals surface area contributed by atoms with Crippen molar-refractivity contribution in [1.82, 2.24) is 10.2 Å². The zero-order chi connectivity index (χ0) is 16.7. The molecule has 2 aliphatic rings. The summed E-state index contributed by atoms with van der Waals surface area (Å²) in [7, 11) is 2.67. The van der Waals surface area contributed by atoms with Crippen LogP contribution in [0.4, 0.5) is 0 Å². The van der Waals surface area contributed by atoms with E-state index in [0.29, 0.717) is 5.56 Å². The summed E-state index contributed by atoms with van der Waals surface area (Å²) in [6.07, 6.45) is 0. The van der Waals surface area contributed by atoms with Gasteiger partial charge >= 0.3 is 5.97 Å². The molecule has 1 N–H and O–H groups in total. The molecule has 2 amide bonds. The van der Waals surface area contributed by atoms with E-state index >= 15 is 0 Å². The third-order valence-corrected chi connectivity index (χ3v) is 4.55. The minimum absolute atomic E-state index is 0.312. The highest BCUT2D eigenvalue weighted by atomic mass is 16.5. The smallest absolute Gasteiger partial charge is 0.323 e. The Bertz CT molecular complexity index is 722. The lowest BCUT2D eigenvalue weighted by atomic mass is 9.86. The Morgan fingerprint density at radius 2 is 1.83 bits per heavy atom. The van der Waals surface area contributed by atoms with E-state index in [0.717, 1.165) is 10.5 Å². The van der Waals surface area contributed by atoms with Gasteiger partial charge in [0.1, 0.15) is 6.04 Å². The van der Waals surface area contributed by atoms with Crippen LogP contribution >= 0.6 is 0 Å². The van der Waals surface area contributed by atoms with Crippen molar-refractivity contribution in [2.75, 3.05) is 14.2 Å². The molecule has 0 spiro atoms. The van der Waals surface area contributed by atoms with Gasteiger partial charge in [-0.05, 0) is 17.7 Å². The summed E-state index contributed by atoms with van der Waals surface area (Å²) < 4.78 is 4.76. The number of carbonyl (C=O) groups excluding carboxylic acids is 3. The van der Waals surface area contributed by atoms with Crippen LogP contribution in [0, 0.1) is 23.2 Å². The van der Waals surface area contributed by atoms with E-state index in [4.69, 9.17) is 10.00 Å². The van der Waals surface area contributed by atoms with E-state index in [1.807, 2.05) is 6.07 Å². The maximum atomic E-state index is 12.4. The fourth-order valence-electron chi connectivity index (χ4n) is 3.37. The number of ether oxygens (including phenoxy) is 1. The topological polar surface area (TPSA) is 99.5 Å². The van der Waals surface area contributed by atoms with Crippen molar-refractivity contribution >= 4 is 17.8 Å². The van der Waals surface area contributed by atoms with E-state index in [-0.39, 0.29) is 11.8 Å². The molecular weight excluding hydrogens is 298 g/mol. The predicted octanol–water partition coefficient (Wildman–Crippen LogP) is -0.0248. The van der Waals surface area contributed by atoms with Crippen molar-refractivity contribution in [1.29, 1.82) is 5.26 Å². The first-order chi connectivity index (χ1) is 11.0. The molecule has 0 bridgehead atoms. The Balaban J connectivity index is 2.01. The van der Waals surface area contributed by atoms with Gasteiger partial charge in [0.2, 0.25) is 11.8 Å². The lowest BCUT2D eigenvalue weighted by molar-refractivity contribution is -0.147. The molecule has 1 aromatic carbocycles. The molecule has 2 aliphatic heterocycles. The number of hydrogen-bond acceptors (Lipinski definition) is 6. The summed E-state index contributed by atoms with van der Waals surface area (Å²) in [6, 6.07) is 7.43. The second kappa shape index (κ2) is 5.48. The van der Waals surface area contributed by atoms with Crippen LogP contribution in [-0.4, -0.2) is 42.9 Å². The molecule has 7 nitrogen and oxygen atoms in total. The van der Waals surface area contributed by atoms with Gasteiger partial charge in [-0.3, -0.25) is 24.6 Å². The molecule has 4 atom stereocenters. The van der Waals surface area contributed by atoms with Crippen LogP contribution in [0.25, 0.3) is 0 Å². The van der Waals surface area contributed by atoms with Crippen molar-refractivity contribution in [2.45, 2.75) is 12.1 Å². The number of hydrogen-bond donors (Lipinski definition) is 1. The zero-order valence-corrected chi connectivity index (χ0v) is 12.6. The van der Waals surface area contributed by atoms with Crippen LogP contribution in [0.15, 0.2) is 24.3 Å². The molecule has 0 saturated carbocycles. The Hall–Kier alpha value is -2.72. The van der Waals surface area contributed by atoms with E-state index in [1.165, 1.54) is 14.2 Å². The van der Waals surface area contributed by atoms with Crippen molar-refractivity contribution < 1.29 is 19.1 Å². The van der Waals surface area contributed by atoms with Gasteiger partial charge in [0, 0.05) is 13.1 Å². The van der Waals surface area contributed by atoms with Gasteiger partial charge in [0.25, 0.3) is 0 Å². The number of imide groups is 1. The number of amides is 2. The van der Waals surface area contributed by atoms with Gasteiger partial charge in [-0.1, -0.05) is 12.1 Å². The molecule has 2 saturated heterocycles. The minimum atomic E-state index is -0.855. The van der Waals surface area contributed by atoms with Crippen LogP contribution in [0.3, 0.4) is 0 Å². The van der Waals surface area contributed by atoms with Crippen molar-refractivity contribution in [3.05, 3.63) is 35.4 Å². The third kappa shape index (κ3) is 2.19. The van der Waals surface area contributed by atoms with Crippen molar-refractivity contribution in [3.8, 4) is 6.07 Å². The lowest BCUT2D eigenvalue weighted by Gasteiger charge is -2.19. The summed E-state index contributed by atoms with van der Waals surface area (Å²) in [4.78, 5) is 37.8. The lowest BCUT2D eigenvalue weighted by Crippen LogP contribution is -2.42. The number of carbonyl (C=O) groups is 3. The van der Waals surface area contributed by atoms with Crippen LogP contribution in [0.2, 0.25) is 0 Å². The number of methoxy groups -OCH3 is 1. The third-order valence-electron chi connectivity index (χ3n) is 4.55. The molecule has 2 fully saturated rings. The van der Waals surface area contributed by atoms with E-state index in [1.54, 1.807) is 24.3 Å². The van der Waals surface area contributed by atoms with Crippen LogP contribution in [0.1, 0.15) is 17.2 Å². The van der Waals surface area contributed by atoms with Crippen molar-refractivity contribution in [2.24, 2.45) is 11.8 Å². The van der Waals surface area contributed by atoms with Crippen LogP contribution < -0.4 is 5.32 Å². The summed E-state index contributed by atoms with van der Waals surface area (Å²) in [5.74, 6) is -2.66. The molecule has 0 aromatic heterocycles. The summed E-state index contributed by atoms with van der Waals surface area (Å²) in [5, 5.41) is 11.9. The minimum Gasteiger partial charge on any atom is -0.468 e. The van der Waals surface area contributed by atoms with Crippen LogP contribution in [-0.2, 0) is 19.1 Å². The SMILES string of the molecule is COC(=O)[C@@H]1N[C@H](c2ccc(C#N)cc2)[C@@H]2C(=O)N(C)C(=O)[C@@H]21. The molecule has 118 valence electrons. The number of benzene rings is 1. The van der Waals surface area contributed by atoms with Gasteiger partial charge in [-0.2, -0.15) is 5.26 Å². The molecule has 0 unspecified atom stereocenters. The first-order valence-corrected chi connectivity index (χ1v) is 7.15. The molecule has 0 aliphatic carbocycles. The first kappa shape index (κ1) is 15.2. The molecule has 1 aromatic rings. The summed E-state index contributed by atoms with van der Waals surface area (Å²) in [6.45, 7) is 0. The van der Waals surface area contributed by atoms with Gasteiger partial charge in [0.15, 0.2) is 0 Å². The Morgan fingerprint density at radius 3 is 2.39 bits per heavy atom. The number of rotatable bonds is 2. The summed E-state index contributed by atoms with van der Waals surface area (Å²) >= 11 is 0. The van der Waals surface area contributed by atoms with Gasteiger partial charge in [-0.25, -0.2) is 0 Å². The molecule has 2 heterocycles. The normalized spacial score (nSPS) is 29.3. The average molecular weight is 313 g/mol. The average Bonchev–Trinajstić information content (AvgIpc) is 3.08. The molecule has 7 heteroatoms. The number of nitrogens with zero attached hydrogens (tertiary/aromatic N) is 2. The van der Waals surface area contributed by atoms with E-state index in [9.17, 15) is 14.4 Å². The fraction of sp³-hybridized carbons (Fsp3) is 0.375. The van der Waals surface area contributed by atoms with E-state index < -0.39 is 29.9 Å². The van der Waals surface area contributed by atoms with Gasteiger partial charge < -0.3 is 4.74 Å². The Labute approximate surface area is 132 Å². The largest absolute Gasteiger partial charge is 0.468 e. The Kier molecular flexibility index (Phi) is 3.62. The van der Waals surface area contributed by atoms with Crippen LogP contribution in [0.5, 0.6) is 0 Å². The molecule has 23 heavy (non-hydrogen) atoms. The molecule has 3 rings (SSSR count). The first-order valence-electron chi connectivity index (χ1n) is 7.15. The maximum absolute atomic E-state index is 12.4. The number of nitrogens with one attached hydrogen (secondary N) is 1. The Morgan fingerprint density at radius 1 is 1.22 bits per heavy atom. The van der Waals surface area contributed by atoms with Gasteiger partial charge in [0.05, 0.1) is 30.6 Å². The monoisotopic (exact) mass is 313 g/mol. The molecule has 0 radical (unpaired) electrons. The zero-order valence-electron chi connectivity index (χ0n) is 12.6. The highest BCUT2D eigenvalue weighted by Gasteiger charge is 2.60. The number of esters is 1. The summed E-state index contributed by atoms with van der Waals surface area (Å²) in [5.41, 5.74) is 1.25. The second-order valence-corrected chi connectivity index (χ2v) is 5.67. The maximum Gasteiger partial charge on any atom is 0.323 e. The highest BCUT2D eigenvalue weighted by Crippen LogP contribution is 2.43. The van der Waals surface area contributed by atoms with Crippen molar-refractivity contribution in [3.63, 3.8) is 0 Å². The number of nitriles is 1. The second-order valence-electron chi connectivity index (χ2n) is 5.67. The standard InChI is InChI=1S/C16H15N3O4/c1-19-14(20)10-11(15(19)21)13(16(22)23-2)18-12(10)9-5-3-8(7-17)4-6-9/h3-6,10-13,18H,1-2H3/t10-,11+,12-,13-/m1/s1. The fourth-order valence-corrected chi connectivity index (χ4v) is 3.37. The highest BCUT2D eigenvalue weighted by molar-refractivity contribution is 6.08. The van der Waals surface area contributed by atoms with Gasteiger partial charge in [-0.15, -0.1) is 0 Å². The van der Waals surface area contributed by atoms with E-state index in [2.05, 4.69) is 5.32 Å². The molecular formula is C16H15N3O4. The number of likely N-dealkylation sites (tertiary alicyclic amines) is 1. The predicted molar refractivity (Wildman–Crippen MR) is 77.6 cm³/mol. The quantitative estimate of drug-likeness (QED) is 0.608. The number of fused-ring (bicyclic) bond motifs is 1.